The van der Waals surface area contributed by atoms with Crippen LogP contribution in [0.25, 0.3) is 11.1 Å². The second-order valence-corrected chi connectivity index (χ2v) is 7.07. The fraction of sp³-hybridized carbons (Fsp3) is 0.333. The van der Waals surface area contributed by atoms with Crippen molar-refractivity contribution in [3.63, 3.8) is 0 Å². The van der Waals surface area contributed by atoms with Gasteiger partial charge >= 0.3 is 0 Å². The summed E-state index contributed by atoms with van der Waals surface area (Å²) in [6.45, 7) is 4.42. The summed E-state index contributed by atoms with van der Waals surface area (Å²) in [4.78, 5) is 30.1. The zero-order valence-corrected chi connectivity index (χ0v) is 16.1. The molecule has 0 radical (unpaired) electrons. The van der Waals surface area contributed by atoms with Gasteiger partial charge in [-0.3, -0.25) is 9.78 Å². The van der Waals surface area contributed by atoms with Gasteiger partial charge in [-0.2, -0.15) is 9.71 Å². The number of rotatable bonds is 6. The number of aromatic nitrogens is 4. The van der Waals surface area contributed by atoms with Gasteiger partial charge in [0.25, 0.3) is 5.56 Å². The molecule has 1 unspecified atom stereocenters. The van der Waals surface area contributed by atoms with Gasteiger partial charge in [-0.15, -0.1) is 0 Å². The van der Waals surface area contributed by atoms with Crippen molar-refractivity contribution in [3.05, 3.63) is 70.3 Å². The quantitative estimate of drug-likeness (QED) is 0.656. The Labute approximate surface area is 163 Å². The molecule has 7 nitrogen and oxygen atoms in total. The Hall–Kier alpha value is -3.22. The molecule has 0 amide bonds. The minimum atomic E-state index is -0.242. The van der Waals surface area contributed by atoms with E-state index in [-0.39, 0.29) is 5.56 Å². The van der Waals surface area contributed by atoms with Gasteiger partial charge in [-0.05, 0) is 38.0 Å². The van der Waals surface area contributed by atoms with E-state index in [1.165, 1.54) is 17.9 Å². The van der Waals surface area contributed by atoms with Gasteiger partial charge in [0.15, 0.2) is 0 Å². The highest BCUT2D eigenvalue weighted by Gasteiger charge is 2.40. The van der Waals surface area contributed by atoms with E-state index in [1.807, 2.05) is 20.0 Å². The number of ether oxygens (including phenoxy) is 1. The third-order valence-corrected chi connectivity index (χ3v) is 4.93. The molecular formula is C21H22N4O3. The van der Waals surface area contributed by atoms with Crippen LogP contribution in [0.4, 0.5) is 0 Å². The first-order chi connectivity index (χ1) is 13.5. The number of nitrogens with zero attached hydrogens (tertiary/aromatic N) is 4. The van der Waals surface area contributed by atoms with E-state index in [0.29, 0.717) is 30.1 Å². The molecule has 1 fully saturated rings. The topological polar surface area (TPSA) is 79.1 Å². The van der Waals surface area contributed by atoms with Crippen molar-refractivity contribution >= 4 is 0 Å². The maximum absolute atomic E-state index is 11.8. The summed E-state index contributed by atoms with van der Waals surface area (Å²) < 4.78 is 7.23. The third kappa shape index (κ3) is 3.74. The molecule has 1 saturated carbocycles. The molecule has 3 aromatic rings. The number of pyridine rings is 2. The maximum Gasteiger partial charge on any atom is 0.282 e. The first-order valence-corrected chi connectivity index (χ1v) is 9.21. The Morgan fingerprint density at radius 2 is 2.00 bits per heavy atom. The van der Waals surface area contributed by atoms with Gasteiger partial charge in [0.2, 0.25) is 5.88 Å². The van der Waals surface area contributed by atoms with E-state index < -0.39 is 0 Å². The molecule has 144 valence electrons. The van der Waals surface area contributed by atoms with Gasteiger partial charge < -0.3 is 9.57 Å². The van der Waals surface area contributed by atoms with E-state index in [0.717, 1.165) is 28.8 Å². The summed E-state index contributed by atoms with van der Waals surface area (Å²) in [6, 6.07) is 7.35. The third-order valence-electron chi connectivity index (χ3n) is 4.93. The predicted molar refractivity (Wildman–Crippen MR) is 104 cm³/mol. The number of aryl methyl sites for hydroxylation is 2. The summed E-state index contributed by atoms with van der Waals surface area (Å²) in [5.74, 6) is 2.00. The smallest absolute Gasteiger partial charge is 0.282 e. The van der Waals surface area contributed by atoms with Gasteiger partial charge in [0.1, 0.15) is 12.9 Å². The molecule has 7 heteroatoms. The fourth-order valence-electron chi connectivity index (χ4n) is 3.21. The Morgan fingerprint density at radius 3 is 2.75 bits per heavy atom. The van der Waals surface area contributed by atoms with Crippen molar-refractivity contribution in [1.82, 2.24) is 19.7 Å². The lowest BCUT2D eigenvalue weighted by molar-refractivity contribution is 0.157. The van der Waals surface area contributed by atoms with Crippen molar-refractivity contribution < 1.29 is 9.57 Å². The molecule has 1 aliphatic carbocycles. The fourth-order valence-corrected chi connectivity index (χ4v) is 3.21. The summed E-state index contributed by atoms with van der Waals surface area (Å²) in [5.41, 5.74) is 3.51. The summed E-state index contributed by atoms with van der Waals surface area (Å²) in [7, 11) is 1.45. The van der Waals surface area contributed by atoms with Crippen molar-refractivity contribution in [2.45, 2.75) is 26.2 Å². The SMILES string of the molecule is COn1cc(-c2cnc(C)nc2OCC2C[C@H]2c2ccc(C)cn2)ccc1=O. The van der Waals surface area contributed by atoms with Crippen molar-refractivity contribution in [2.24, 2.45) is 5.92 Å². The predicted octanol–water partition coefficient (Wildman–Crippen LogP) is 2.56. The van der Waals surface area contributed by atoms with Crippen LogP contribution >= 0.6 is 0 Å². The lowest BCUT2D eigenvalue weighted by Gasteiger charge is -2.12. The molecule has 3 aromatic heterocycles. The second-order valence-electron chi connectivity index (χ2n) is 7.07. The van der Waals surface area contributed by atoms with Crippen molar-refractivity contribution in [1.29, 1.82) is 0 Å². The number of hydrogen-bond acceptors (Lipinski definition) is 6. The minimum absolute atomic E-state index is 0.242. The molecule has 0 bridgehead atoms. The van der Waals surface area contributed by atoms with Gasteiger partial charge in [0, 0.05) is 41.6 Å². The van der Waals surface area contributed by atoms with Gasteiger partial charge in [-0.25, -0.2) is 4.98 Å². The zero-order valence-electron chi connectivity index (χ0n) is 16.1. The highest BCUT2D eigenvalue weighted by atomic mass is 16.6. The molecule has 28 heavy (non-hydrogen) atoms. The maximum atomic E-state index is 11.8. The van der Waals surface area contributed by atoms with E-state index in [4.69, 9.17) is 9.57 Å². The lowest BCUT2D eigenvalue weighted by atomic mass is 10.1. The summed E-state index contributed by atoms with van der Waals surface area (Å²) in [6.07, 6.45) is 6.29. The van der Waals surface area contributed by atoms with Crippen LogP contribution in [0.1, 0.15) is 29.4 Å². The highest BCUT2D eigenvalue weighted by molar-refractivity contribution is 5.66. The van der Waals surface area contributed by atoms with Crippen LogP contribution in [0.15, 0.2) is 47.7 Å². The summed E-state index contributed by atoms with van der Waals surface area (Å²) >= 11 is 0. The molecule has 0 aromatic carbocycles. The molecule has 4 rings (SSSR count). The van der Waals surface area contributed by atoms with Crippen molar-refractivity contribution in [2.75, 3.05) is 13.7 Å². The van der Waals surface area contributed by atoms with E-state index in [2.05, 4.69) is 27.1 Å². The number of hydrogen-bond donors (Lipinski definition) is 0. The summed E-state index contributed by atoms with van der Waals surface area (Å²) in [5, 5.41) is 0. The van der Waals surface area contributed by atoms with Crippen LogP contribution in [-0.4, -0.2) is 33.4 Å². The average molecular weight is 378 g/mol. The molecule has 0 spiro atoms. The van der Waals surface area contributed by atoms with Crippen LogP contribution in [0, 0.1) is 19.8 Å². The second kappa shape index (κ2) is 7.42. The zero-order chi connectivity index (χ0) is 19.7. The van der Waals surface area contributed by atoms with Crippen molar-refractivity contribution in [3.8, 4) is 17.0 Å². The first kappa shape index (κ1) is 18.2. The molecule has 3 heterocycles. The average Bonchev–Trinajstić information content (AvgIpc) is 3.47. The van der Waals surface area contributed by atoms with Crippen LogP contribution in [0.2, 0.25) is 0 Å². The molecule has 1 aliphatic rings. The van der Waals surface area contributed by atoms with E-state index >= 15 is 0 Å². The molecule has 0 N–H and O–H groups in total. The van der Waals surface area contributed by atoms with E-state index in [9.17, 15) is 4.79 Å². The molecule has 0 saturated heterocycles. The highest BCUT2D eigenvalue weighted by Crippen LogP contribution is 2.47. The Balaban J connectivity index is 1.52. The molecule has 2 atom stereocenters. The Morgan fingerprint density at radius 1 is 1.14 bits per heavy atom. The minimum Gasteiger partial charge on any atom is -0.477 e. The standard InChI is InChI=1S/C21H22N4O3/c1-13-4-6-19(23-9-13)17-8-16(17)12-28-21-18(10-22-14(2)24-21)15-5-7-20(26)25(11-15)27-3/h4-7,9-11,16-17H,8,12H2,1-3H3/t16?,17-/m1/s1. The van der Waals surface area contributed by atoms with E-state index in [1.54, 1.807) is 18.5 Å². The lowest BCUT2D eigenvalue weighted by Crippen LogP contribution is -2.23. The molecule has 0 aliphatic heterocycles. The Kier molecular flexibility index (Phi) is 4.81. The van der Waals surface area contributed by atoms with Crippen LogP contribution in [-0.2, 0) is 0 Å². The van der Waals surface area contributed by atoms with Crippen LogP contribution in [0.3, 0.4) is 0 Å². The van der Waals surface area contributed by atoms with Gasteiger partial charge in [0.05, 0.1) is 18.4 Å². The van der Waals surface area contributed by atoms with Crippen LogP contribution in [0.5, 0.6) is 5.88 Å². The monoisotopic (exact) mass is 378 g/mol. The van der Waals surface area contributed by atoms with Crippen LogP contribution < -0.4 is 15.1 Å². The Bertz CT molecular complexity index is 1050. The normalized spacial score (nSPS) is 18.0. The van der Waals surface area contributed by atoms with Gasteiger partial charge in [-0.1, -0.05) is 6.07 Å². The largest absolute Gasteiger partial charge is 0.477 e. The first-order valence-electron chi connectivity index (χ1n) is 9.21. The molecular weight excluding hydrogens is 356 g/mol.